The van der Waals surface area contributed by atoms with Crippen LogP contribution in [-0.4, -0.2) is 22.1 Å². The summed E-state index contributed by atoms with van der Waals surface area (Å²) in [5, 5.41) is 3.24. The summed E-state index contributed by atoms with van der Waals surface area (Å²) in [7, 11) is 1.83. The summed E-state index contributed by atoms with van der Waals surface area (Å²) in [5.41, 5.74) is 18.8. The number of nitrogen functional groups attached to an aromatic ring is 1. The minimum atomic E-state index is 0.321. The second kappa shape index (κ2) is 9.70. The number of hydrogen-bond acceptors (Lipinski definition) is 6. The number of hydrazine groups is 1. The van der Waals surface area contributed by atoms with E-state index in [1.165, 1.54) is 0 Å². The Balaban J connectivity index is 1.56. The molecule has 2 heterocycles. The van der Waals surface area contributed by atoms with E-state index in [4.69, 9.17) is 20.4 Å². The van der Waals surface area contributed by atoms with Crippen molar-refractivity contribution in [3.05, 3.63) is 96.3 Å². The number of fused-ring (bicyclic) bond motifs is 1. The minimum absolute atomic E-state index is 0.321. The van der Waals surface area contributed by atoms with E-state index in [0.29, 0.717) is 30.6 Å². The van der Waals surface area contributed by atoms with Gasteiger partial charge in [-0.15, -0.1) is 14.5 Å². The van der Waals surface area contributed by atoms with E-state index in [0.717, 1.165) is 33.6 Å². The molecule has 0 aliphatic carbocycles. The maximum atomic E-state index is 6.36. The molecule has 0 unspecified atom stereocenters. The van der Waals surface area contributed by atoms with Crippen molar-refractivity contribution < 1.29 is 9.25 Å². The smallest absolute Gasteiger partial charge is 0.367 e. The number of nitrogens with one attached hydrogen (secondary N) is 3. The predicted molar refractivity (Wildman–Crippen MR) is 132 cm³/mol. The number of nitrogens with two attached hydrogens (primary N) is 1. The molecule has 8 heteroatoms. The molecule has 5 aromatic rings. The zero-order chi connectivity index (χ0) is 23.3. The normalized spacial score (nSPS) is 11.1. The average Bonchev–Trinajstić information content (AvgIpc) is 3.31. The summed E-state index contributed by atoms with van der Waals surface area (Å²) in [6.45, 7) is 0.819. The highest BCUT2D eigenvalue weighted by atomic mass is 16.5. The number of rotatable bonds is 8. The lowest BCUT2D eigenvalue weighted by Gasteiger charge is -2.09. The molecule has 34 heavy (non-hydrogen) atoms. The molecule has 5 rings (SSSR count). The molecule has 2 aromatic heterocycles. The lowest BCUT2D eigenvalue weighted by Crippen LogP contribution is -2.30. The Morgan fingerprint density at radius 2 is 1.56 bits per heavy atom. The Kier molecular flexibility index (Phi) is 6.15. The summed E-state index contributed by atoms with van der Waals surface area (Å²) in [6.07, 6.45) is 0. The van der Waals surface area contributed by atoms with Crippen LogP contribution in [0.3, 0.4) is 0 Å². The molecule has 0 amide bonds. The van der Waals surface area contributed by atoms with Crippen molar-refractivity contribution in [2.24, 2.45) is 0 Å². The van der Waals surface area contributed by atoms with Crippen LogP contribution in [0.15, 0.2) is 84.9 Å². The number of ether oxygens (including phenoxy) is 1. The average molecular weight is 453 g/mol. The standard InChI is InChI=1S/C26H25N7O/c1-28-31-21-14-12-19(13-15-21)23-24(20-10-6-3-7-11-20)30-26(27)33-25(23)29-22(32-33)17-34-16-18-8-4-2-5-9-18/h2-15,28,31H,16-17H2,1H3,(H2,27,29,30,32)/p+1. The Morgan fingerprint density at radius 3 is 2.26 bits per heavy atom. The Hall–Kier alpha value is -4.27. The van der Waals surface area contributed by atoms with Crippen LogP contribution in [0.25, 0.3) is 28.0 Å². The highest BCUT2D eigenvalue weighted by Gasteiger charge is 2.25. The van der Waals surface area contributed by atoms with Gasteiger partial charge in [0.05, 0.1) is 12.2 Å². The van der Waals surface area contributed by atoms with Crippen LogP contribution in [0.2, 0.25) is 0 Å². The lowest BCUT2D eigenvalue weighted by atomic mass is 10.00. The van der Waals surface area contributed by atoms with E-state index in [2.05, 4.69) is 16.0 Å². The van der Waals surface area contributed by atoms with Gasteiger partial charge in [-0.2, -0.15) is 0 Å². The van der Waals surface area contributed by atoms with Crippen LogP contribution in [0.5, 0.6) is 0 Å². The van der Waals surface area contributed by atoms with Gasteiger partial charge in [-0.05, 0) is 23.3 Å². The molecule has 0 spiro atoms. The monoisotopic (exact) mass is 452 g/mol. The molecule has 0 fully saturated rings. The number of anilines is 2. The van der Waals surface area contributed by atoms with Gasteiger partial charge < -0.3 is 15.9 Å². The zero-order valence-corrected chi connectivity index (χ0v) is 18.8. The third-order valence-corrected chi connectivity index (χ3v) is 5.45. The zero-order valence-electron chi connectivity index (χ0n) is 18.8. The Labute approximate surface area is 197 Å². The number of hydrogen-bond donors (Lipinski definition) is 4. The number of aromatic amines is 1. The molecule has 0 saturated carbocycles. The van der Waals surface area contributed by atoms with E-state index < -0.39 is 0 Å². The SMILES string of the molecule is CNNc1ccc(-c2c(-c3ccccc3)nc(N)[n+]3[nH]c(COCc4ccccc4)nc23)cc1. The maximum absolute atomic E-state index is 6.36. The highest BCUT2D eigenvalue weighted by molar-refractivity contribution is 5.89. The second-order valence-corrected chi connectivity index (χ2v) is 7.82. The number of nitrogens with zero attached hydrogens (tertiary/aromatic N) is 3. The molecular formula is C26H26N7O+. The van der Waals surface area contributed by atoms with Crippen molar-refractivity contribution in [2.45, 2.75) is 13.2 Å². The summed E-state index contributed by atoms with van der Waals surface area (Å²) in [4.78, 5) is 9.61. The van der Waals surface area contributed by atoms with Gasteiger partial charge in [-0.1, -0.05) is 72.8 Å². The first-order valence-electron chi connectivity index (χ1n) is 11.0. The predicted octanol–water partition coefficient (Wildman–Crippen LogP) is 3.72. The number of H-pyrrole nitrogens is 1. The van der Waals surface area contributed by atoms with Crippen molar-refractivity contribution in [2.75, 3.05) is 18.2 Å². The second-order valence-electron chi connectivity index (χ2n) is 7.82. The third-order valence-electron chi connectivity index (χ3n) is 5.45. The maximum Gasteiger partial charge on any atom is 0.367 e. The molecule has 3 aromatic carbocycles. The molecule has 0 radical (unpaired) electrons. The molecular weight excluding hydrogens is 426 g/mol. The van der Waals surface area contributed by atoms with Crippen LogP contribution in [0, 0.1) is 0 Å². The first-order valence-corrected chi connectivity index (χ1v) is 11.0. The number of benzene rings is 3. The summed E-state index contributed by atoms with van der Waals surface area (Å²) in [5.74, 6) is 0.997. The number of aromatic nitrogens is 4. The van der Waals surface area contributed by atoms with Crippen molar-refractivity contribution in [3.63, 3.8) is 0 Å². The lowest BCUT2D eigenvalue weighted by molar-refractivity contribution is -0.565. The highest BCUT2D eigenvalue weighted by Crippen LogP contribution is 2.33. The Morgan fingerprint density at radius 1 is 0.853 bits per heavy atom. The molecule has 0 atom stereocenters. The van der Waals surface area contributed by atoms with Crippen molar-refractivity contribution >= 4 is 17.3 Å². The quantitative estimate of drug-likeness (QED) is 0.211. The van der Waals surface area contributed by atoms with Crippen LogP contribution >= 0.6 is 0 Å². The van der Waals surface area contributed by atoms with E-state index in [1.807, 2.05) is 92.0 Å². The van der Waals surface area contributed by atoms with Gasteiger partial charge in [-0.25, -0.2) is 10.5 Å². The van der Waals surface area contributed by atoms with Crippen molar-refractivity contribution in [1.29, 1.82) is 0 Å². The van der Waals surface area contributed by atoms with Gasteiger partial charge in [0.2, 0.25) is 5.82 Å². The largest absolute Gasteiger partial charge is 0.368 e. The van der Waals surface area contributed by atoms with Crippen LogP contribution < -0.4 is 21.1 Å². The van der Waals surface area contributed by atoms with Crippen LogP contribution in [-0.2, 0) is 18.0 Å². The summed E-state index contributed by atoms with van der Waals surface area (Å²) >= 11 is 0. The first kappa shape index (κ1) is 21.6. The van der Waals surface area contributed by atoms with Gasteiger partial charge in [0.15, 0.2) is 0 Å². The van der Waals surface area contributed by atoms with Gasteiger partial charge in [0.1, 0.15) is 12.3 Å². The molecule has 0 saturated heterocycles. The fourth-order valence-electron chi connectivity index (χ4n) is 3.88. The molecule has 5 N–H and O–H groups in total. The molecule has 0 aliphatic heterocycles. The molecule has 0 bridgehead atoms. The third kappa shape index (κ3) is 4.45. The topological polar surface area (TPSA) is 105 Å². The van der Waals surface area contributed by atoms with Gasteiger partial charge in [0, 0.05) is 18.3 Å². The van der Waals surface area contributed by atoms with Gasteiger partial charge in [0.25, 0.3) is 5.65 Å². The molecule has 8 nitrogen and oxygen atoms in total. The molecule has 0 aliphatic rings. The fraction of sp³-hybridized carbons (Fsp3) is 0.115. The van der Waals surface area contributed by atoms with Crippen LogP contribution in [0.1, 0.15) is 11.4 Å². The van der Waals surface area contributed by atoms with Crippen molar-refractivity contribution in [1.82, 2.24) is 20.5 Å². The minimum Gasteiger partial charge on any atom is -0.368 e. The Bertz CT molecular complexity index is 1380. The summed E-state index contributed by atoms with van der Waals surface area (Å²) in [6, 6.07) is 28.1. The van der Waals surface area contributed by atoms with Crippen molar-refractivity contribution in [3.8, 4) is 22.4 Å². The first-order chi connectivity index (χ1) is 16.7. The summed E-state index contributed by atoms with van der Waals surface area (Å²) < 4.78 is 7.61. The van der Waals surface area contributed by atoms with E-state index in [-0.39, 0.29) is 0 Å². The van der Waals surface area contributed by atoms with E-state index in [9.17, 15) is 0 Å². The fourth-order valence-corrected chi connectivity index (χ4v) is 3.88. The van der Waals surface area contributed by atoms with E-state index in [1.54, 1.807) is 4.52 Å². The van der Waals surface area contributed by atoms with Gasteiger partial charge in [-0.3, -0.25) is 0 Å². The molecule has 170 valence electrons. The van der Waals surface area contributed by atoms with E-state index >= 15 is 0 Å². The van der Waals surface area contributed by atoms with Crippen LogP contribution in [0.4, 0.5) is 11.6 Å². The van der Waals surface area contributed by atoms with Gasteiger partial charge >= 0.3 is 5.95 Å².